The van der Waals surface area contributed by atoms with Crippen molar-refractivity contribution in [2.75, 3.05) is 31.3 Å². The van der Waals surface area contributed by atoms with Crippen LogP contribution in [-0.4, -0.2) is 70.1 Å². The van der Waals surface area contributed by atoms with Crippen LogP contribution in [0.1, 0.15) is 17.3 Å². The lowest BCUT2D eigenvalue weighted by atomic mass is 10.0. The molecule has 2 atom stereocenters. The number of aromatic nitrogens is 4. The topological polar surface area (TPSA) is 128 Å². The SMILES string of the molecule is CCn1cc(-c2cc3c(NC4CN(S(C)(=O)=O)CC4CF)c(C(N)=O)cnn3c2)cn1. The Balaban J connectivity index is 1.76. The second-order valence-corrected chi connectivity index (χ2v) is 9.67. The van der Waals surface area contributed by atoms with Crippen LogP contribution in [0.2, 0.25) is 0 Å². The predicted molar refractivity (Wildman–Crippen MR) is 114 cm³/mol. The number of carbonyl (C=O) groups excluding carboxylic acids is 1. The first-order valence-electron chi connectivity index (χ1n) is 9.83. The molecule has 4 rings (SSSR count). The minimum absolute atomic E-state index is 0.0722. The second kappa shape index (κ2) is 7.93. The van der Waals surface area contributed by atoms with Crippen LogP contribution in [0.25, 0.3) is 16.6 Å². The molecule has 0 bridgehead atoms. The summed E-state index contributed by atoms with van der Waals surface area (Å²) in [6.45, 7) is 2.19. The van der Waals surface area contributed by atoms with E-state index in [1.807, 2.05) is 19.2 Å². The lowest BCUT2D eigenvalue weighted by molar-refractivity contribution is 0.100. The van der Waals surface area contributed by atoms with Gasteiger partial charge in [-0.3, -0.25) is 13.9 Å². The maximum absolute atomic E-state index is 13.7. The van der Waals surface area contributed by atoms with E-state index in [4.69, 9.17) is 5.73 Å². The molecule has 2 unspecified atom stereocenters. The van der Waals surface area contributed by atoms with Crippen LogP contribution < -0.4 is 11.1 Å². The zero-order valence-corrected chi connectivity index (χ0v) is 18.0. The van der Waals surface area contributed by atoms with E-state index in [1.54, 1.807) is 21.6 Å². The van der Waals surface area contributed by atoms with Crippen LogP contribution in [0.5, 0.6) is 0 Å². The summed E-state index contributed by atoms with van der Waals surface area (Å²) in [5.41, 5.74) is 8.40. The van der Waals surface area contributed by atoms with E-state index in [0.717, 1.165) is 23.9 Å². The molecule has 10 nitrogen and oxygen atoms in total. The molecule has 1 aliphatic rings. The number of hydrogen-bond donors (Lipinski definition) is 2. The minimum Gasteiger partial charge on any atom is -0.378 e. The van der Waals surface area contributed by atoms with E-state index in [0.29, 0.717) is 11.2 Å². The minimum atomic E-state index is -3.46. The molecule has 1 aliphatic heterocycles. The number of hydrogen-bond acceptors (Lipinski definition) is 6. The highest BCUT2D eigenvalue weighted by Crippen LogP contribution is 2.31. The smallest absolute Gasteiger partial charge is 0.252 e. The molecule has 1 fully saturated rings. The summed E-state index contributed by atoms with van der Waals surface area (Å²) in [6.07, 6.45) is 7.88. The largest absolute Gasteiger partial charge is 0.378 e. The van der Waals surface area contributed by atoms with Crippen molar-refractivity contribution >= 4 is 27.1 Å². The first-order chi connectivity index (χ1) is 14.7. The Morgan fingerprint density at radius 2 is 2.03 bits per heavy atom. The molecule has 1 saturated heterocycles. The number of sulfonamides is 1. The Morgan fingerprint density at radius 3 is 2.65 bits per heavy atom. The zero-order chi connectivity index (χ0) is 22.3. The van der Waals surface area contributed by atoms with Gasteiger partial charge in [-0.15, -0.1) is 0 Å². The summed E-state index contributed by atoms with van der Waals surface area (Å²) in [5, 5.41) is 11.7. The van der Waals surface area contributed by atoms with Gasteiger partial charge in [0.1, 0.15) is 0 Å². The summed E-state index contributed by atoms with van der Waals surface area (Å²) >= 11 is 0. The molecule has 166 valence electrons. The fourth-order valence-electron chi connectivity index (χ4n) is 3.85. The maximum Gasteiger partial charge on any atom is 0.252 e. The molecule has 3 aromatic rings. The van der Waals surface area contributed by atoms with Gasteiger partial charge in [-0.1, -0.05) is 0 Å². The molecule has 3 N–H and O–H groups in total. The summed E-state index contributed by atoms with van der Waals surface area (Å²) in [6, 6.07) is 1.32. The van der Waals surface area contributed by atoms with Crippen molar-refractivity contribution in [1.82, 2.24) is 23.7 Å². The van der Waals surface area contributed by atoms with Gasteiger partial charge in [0.25, 0.3) is 5.91 Å². The van der Waals surface area contributed by atoms with Crippen LogP contribution in [0.4, 0.5) is 10.1 Å². The number of rotatable bonds is 7. The molecular formula is C19H24FN7O3S. The molecule has 0 aromatic carbocycles. The first kappa shape index (κ1) is 21.2. The number of alkyl halides is 1. The Labute approximate surface area is 178 Å². The van der Waals surface area contributed by atoms with Gasteiger partial charge in [0, 0.05) is 55.1 Å². The molecule has 4 heterocycles. The number of fused-ring (bicyclic) bond motifs is 1. The van der Waals surface area contributed by atoms with Crippen LogP contribution in [-0.2, 0) is 16.6 Å². The lowest BCUT2D eigenvalue weighted by Crippen LogP contribution is -2.32. The van der Waals surface area contributed by atoms with Crippen molar-refractivity contribution in [2.45, 2.75) is 19.5 Å². The highest BCUT2D eigenvalue weighted by molar-refractivity contribution is 7.88. The van der Waals surface area contributed by atoms with Crippen molar-refractivity contribution in [1.29, 1.82) is 0 Å². The monoisotopic (exact) mass is 449 g/mol. The van der Waals surface area contributed by atoms with Gasteiger partial charge >= 0.3 is 0 Å². The van der Waals surface area contributed by atoms with E-state index in [-0.39, 0.29) is 18.7 Å². The highest BCUT2D eigenvalue weighted by atomic mass is 32.2. The summed E-state index contributed by atoms with van der Waals surface area (Å²) in [5.74, 6) is -1.24. The van der Waals surface area contributed by atoms with E-state index in [1.165, 1.54) is 10.5 Å². The molecule has 1 amide bonds. The van der Waals surface area contributed by atoms with Gasteiger partial charge in [-0.05, 0) is 13.0 Å². The van der Waals surface area contributed by atoms with Crippen molar-refractivity contribution in [2.24, 2.45) is 11.7 Å². The number of carbonyl (C=O) groups is 1. The van der Waals surface area contributed by atoms with Gasteiger partial charge in [-0.2, -0.15) is 14.5 Å². The summed E-state index contributed by atoms with van der Waals surface area (Å²) < 4.78 is 42.2. The number of aryl methyl sites for hydroxylation is 1. The van der Waals surface area contributed by atoms with E-state index in [9.17, 15) is 17.6 Å². The normalized spacial score (nSPS) is 19.8. The number of primary amides is 1. The quantitative estimate of drug-likeness (QED) is 0.553. The Kier molecular flexibility index (Phi) is 5.43. The maximum atomic E-state index is 13.7. The van der Waals surface area contributed by atoms with E-state index in [2.05, 4.69) is 15.5 Å². The molecule has 0 radical (unpaired) electrons. The van der Waals surface area contributed by atoms with Gasteiger partial charge in [-0.25, -0.2) is 12.9 Å². The number of halogens is 1. The number of nitrogens with one attached hydrogen (secondary N) is 1. The van der Waals surface area contributed by atoms with Crippen molar-refractivity contribution in [3.63, 3.8) is 0 Å². The standard InChI is InChI=1S/C19H24FN7O3S/c1-3-25-8-14(6-22-25)12-4-17-18(15(19(21)28)7-23-27(17)10-12)24-16-11-26(31(2,29)30)9-13(16)5-20/h4,6-8,10,13,16,24H,3,5,9,11H2,1-2H3,(H2,21,28). The number of amides is 1. The Morgan fingerprint density at radius 1 is 1.26 bits per heavy atom. The summed E-state index contributed by atoms with van der Waals surface area (Å²) in [4.78, 5) is 12.1. The molecule has 31 heavy (non-hydrogen) atoms. The molecule has 0 spiro atoms. The average Bonchev–Trinajstić information content (AvgIpc) is 3.44. The summed E-state index contributed by atoms with van der Waals surface area (Å²) in [7, 11) is -3.46. The van der Waals surface area contributed by atoms with Crippen molar-refractivity contribution in [3.8, 4) is 11.1 Å². The average molecular weight is 450 g/mol. The molecule has 0 aliphatic carbocycles. The number of nitrogens with two attached hydrogens (primary N) is 1. The molecule has 3 aromatic heterocycles. The van der Waals surface area contributed by atoms with E-state index >= 15 is 0 Å². The predicted octanol–water partition coefficient (Wildman–Crippen LogP) is 0.958. The second-order valence-electron chi connectivity index (χ2n) is 7.69. The van der Waals surface area contributed by atoms with Crippen molar-refractivity contribution in [3.05, 3.63) is 36.4 Å². The van der Waals surface area contributed by atoms with Crippen LogP contribution in [0.15, 0.2) is 30.9 Å². The molecule has 12 heteroatoms. The third-order valence-corrected chi connectivity index (χ3v) is 6.83. The van der Waals surface area contributed by atoms with Gasteiger partial charge in [0.2, 0.25) is 10.0 Å². The van der Waals surface area contributed by atoms with Gasteiger partial charge in [0.15, 0.2) is 0 Å². The fourth-order valence-corrected chi connectivity index (χ4v) is 4.74. The fraction of sp³-hybridized carbons (Fsp3) is 0.421. The van der Waals surface area contributed by atoms with E-state index < -0.39 is 34.6 Å². The van der Waals surface area contributed by atoms with Gasteiger partial charge < -0.3 is 11.1 Å². The Bertz CT molecular complexity index is 1240. The zero-order valence-electron chi connectivity index (χ0n) is 17.2. The number of anilines is 1. The number of nitrogens with zero attached hydrogens (tertiary/aromatic N) is 5. The Hall–Kier alpha value is -2.99. The first-order valence-corrected chi connectivity index (χ1v) is 11.7. The van der Waals surface area contributed by atoms with Crippen molar-refractivity contribution < 1.29 is 17.6 Å². The highest BCUT2D eigenvalue weighted by Gasteiger charge is 2.37. The lowest BCUT2D eigenvalue weighted by Gasteiger charge is -2.21. The third-order valence-electron chi connectivity index (χ3n) is 5.60. The molecule has 0 saturated carbocycles. The van der Waals surface area contributed by atoms with Crippen LogP contribution >= 0.6 is 0 Å². The third kappa shape index (κ3) is 4.00. The van der Waals surface area contributed by atoms with Gasteiger partial charge in [0.05, 0.1) is 42.1 Å². The van der Waals surface area contributed by atoms with Crippen LogP contribution in [0.3, 0.4) is 0 Å². The van der Waals surface area contributed by atoms with Crippen LogP contribution in [0, 0.1) is 5.92 Å². The molecular weight excluding hydrogens is 425 g/mol.